The third kappa shape index (κ3) is 70.1. The van der Waals surface area contributed by atoms with Crippen LogP contribution in [0.15, 0.2) is 0 Å². The van der Waals surface area contributed by atoms with Gasteiger partial charge in [-0.15, -0.1) is 0 Å². The Balaban J connectivity index is -0.0000000267. The largest absolute Gasteiger partial charge is 2.00 e. The molecule has 0 heterocycles. The van der Waals surface area contributed by atoms with Gasteiger partial charge in [-0.05, 0) is 0 Å². The first-order valence-corrected chi connectivity index (χ1v) is 2.05. The van der Waals surface area contributed by atoms with Gasteiger partial charge in [0.25, 0.3) is 0 Å². The maximum absolute atomic E-state index is 8.63. The topological polar surface area (TPSA) is 106 Å². The summed E-state index contributed by atoms with van der Waals surface area (Å²) >= 11 is 0. The van der Waals surface area contributed by atoms with Gasteiger partial charge in [-0.2, -0.15) is 0 Å². The van der Waals surface area contributed by atoms with Crippen molar-refractivity contribution in [1.29, 1.82) is 0 Å². The van der Waals surface area contributed by atoms with Crippen LogP contribution in [0.5, 0.6) is 0 Å². The molecule has 1 N–H and O–H groups in total. The summed E-state index contributed by atoms with van der Waals surface area (Å²) in [5, 5.41) is 0. The van der Waals surface area contributed by atoms with Crippen molar-refractivity contribution < 1.29 is 74.4 Å². The van der Waals surface area contributed by atoms with Crippen LogP contribution in [0.25, 0.3) is 0 Å². The van der Waals surface area contributed by atoms with Crippen molar-refractivity contribution >= 4 is 48.1 Å². The van der Waals surface area contributed by atoms with E-state index in [4.69, 9.17) is 17.5 Å². The van der Waals surface area contributed by atoms with Gasteiger partial charge in [-0.25, -0.2) is 8.42 Å². The molecule has 0 atom stereocenters. The summed E-state index contributed by atoms with van der Waals surface area (Å²) in [6.07, 6.45) is 0. The third-order valence-electron chi connectivity index (χ3n) is 0. The fourth-order valence-corrected chi connectivity index (χ4v) is 0. The van der Waals surface area contributed by atoms with Gasteiger partial charge in [-0.3, -0.25) is 4.55 Å². The van der Waals surface area contributed by atoms with E-state index < -0.39 is 10.4 Å². The Morgan fingerprint density at radius 3 is 1.38 bits per heavy atom. The summed E-state index contributed by atoms with van der Waals surface area (Å²) in [4.78, 5) is 0. The van der Waals surface area contributed by atoms with Crippen LogP contribution < -0.4 is 51.4 Å². The molecule has 0 fully saturated rings. The van der Waals surface area contributed by atoms with E-state index in [1.807, 2.05) is 0 Å². The molecule has 0 aliphatic heterocycles. The zero-order chi connectivity index (χ0) is 4.50. The first-order valence-electron chi connectivity index (χ1n) is 0.683. The Morgan fingerprint density at radius 2 is 1.38 bits per heavy atom. The normalized spacial score (nSPS) is 7.25. The standard InChI is InChI=1S/Ca.K.H2O4S.O/c;;1-5(2,3)4;/h;;(H2,1,2,3,4);/q+2;+1;;-2/p-1. The molecule has 0 saturated heterocycles. The number of rotatable bonds is 0. The van der Waals surface area contributed by atoms with Crippen molar-refractivity contribution in [3.8, 4) is 0 Å². The minimum absolute atomic E-state index is 0. The number of hydrogen-bond donors (Lipinski definition) is 1. The summed E-state index contributed by atoms with van der Waals surface area (Å²) in [6, 6.07) is 0. The zero-order valence-corrected chi connectivity index (χ0v) is 10.3. The molecule has 0 bridgehead atoms. The van der Waals surface area contributed by atoms with Crippen LogP contribution in [0.2, 0.25) is 0 Å². The quantitative estimate of drug-likeness (QED) is 0.237. The van der Waals surface area contributed by atoms with Gasteiger partial charge < -0.3 is 10.0 Å². The van der Waals surface area contributed by atoms with Crippen molar-refractivity contribution in [3.63, 3.8) is 0 Å². The molecule has 0 spiro atoms. The van der Waals surface area contributed by atoms with E-state index in [-0.39, 0.29) is 94.6 Å². The molecule has 0 aromatic carbocycles. The van der Waals surface area contributed by atoms with Crippen LogP contribution in [0.4, 0.5) is 0 Å². The number of hydrogen-bond acceptors (Lipinski definition) is 3. The van der Waals surface area contributed by atoms with Gasteiger partial charge in [0.1, 0.15) is 0 Å². The fraction of sp³-hybridized carbons (Fsp3) is 0. The van der Waals surface area contributed by atoms with E-state index in [2.05, 4.69) is 0 Å². The first-order chi connectivity index (χ1) is 2.00. The molecule has 0 rings (SSSR count). The summed E-state index contributed by atoms with van der Waals surface area (Å²) < 4.78 is 32.8. The summed E-state index contributed by atoms with van der Waals surface area (Å²) in [5.41, 5.74) is 0. The van der Waals surface area contributed by atoms with E-state index in [1.54, 1.807) is 0 Å². The van der Waals surface area contributed by atoms with Crippen molar-refractivity contribution in [3.05, 3.63) is 0 Å². The molecule has 0 saturated carbocycles. The zero-order valence-electron chi connectivity index (χ0n) is 4.20. The van der Waals surface area contributed by atoms with Gasteiger partial charge in [0.2, 0.25) is 10.4 Å². The molecular weight excluding hydrogens is 191 g/mol. The molecule has 8 heteroatoms. The second-order valence-corrected chi connectivity index (χ2v) is 1.28. The molecular formula is HCaKO5S. The smallest absolute Gasteiger partial charge is 2.00 e. The Labute approximate surface area is 120 Å². The molecule has 0 radical (unpaired) electrons. The fourth-order valence-electron chi connectivity index (χ4n) is 0. The van der Waals surface area contributed by atoms with Crippen LogP contribution in [-0.2, 0) is 15.9 Å². The predicted octanol–water partition coefficient (Wildman–Crippen LogP) is -4.49. The second kappa shape index (κ2) is 9.73. The molecule has 0 amide bonds. The van der Waals surface area contributed by atoms with Crippen molar-refractivity contribution in [2.24, 2.45) is 0 Å². The predicted molar refractivity (Wildman–Crippen MR) is 18.8 cm³/mol. The maximum atomic E-state index is 8.63. The Bertz CT molecular complexity index is 95.6. The van der Waals surface area contributed by atoms with Crippen molar-refractivity contribution in [1.82, 2.24) is 0 Å². The van der Waals surface area contributed by atoms with Gasteiger partial charge in [0.05, 0.1) is 0 Å². The Morgan fingerprint density at radius 1 is 1.38 bits per heavy atom. The van der Waals surface area contributed by atoms with Crippen LogP contribution in [-0.4, -0.2) is 55.3 Å². The third-order valence-corrected chi connectivity index (χ3v) is 0. The van der Waals surface area contributed by atoms with E-state index in [0.717, 1.165) is 0 Å². The SMILES string of the molecule is O=S(=O)([O-])O.[Ca+2].[K+].[O-2]. The van der Waals surface area contributed by atoms with Crippen LogP contribution in [0.3, 0.4) is 0 Å². The van der Waals surface area contributed by atoms with Crippen molar-refractivity contribution in [2.45, 2.75) is 0 Å². The van der Waals surface area contributed by atoms with Crippen molar-refractivity contribution in [2.75, 3.05) is 0 Å². The van der Waals surface area contributed by atoms with Crippen LogP contribution >= 0.6 is 0 Å². The van der Waals surface area contributed by atoms with Crippen LogP contribution in [0.1, 0.15) is 0 Å². The van der Waals surface area contributed by atoms with E-state index in [0.29, 0.717) is 0 Å². The average molecular weight is 192 g/mol. The van der Waals surface area contributed by atoms with Gasteiger partial charge in [0.15, 0.2) is 0 Å². The summed E-state index contributed by atoms with van der Waals surface area (Å²) in [7, 11) is -4.92. The summed E-state index contributed by atoms with van der Waals surface area (Å²) in [5.74, 6) is 0. The average Bonchev–Trinajstić information content (AvgIpc) is 0.722. The molecule has 0 aromatic rings. The second-order valence-electron chi connectivity index (χ2n) is 0.428. The van der Waals surface area contributed by atoms with E-state index >= 15 is 0 Å². The molecule has 5 nitrogen and oxygen atoms in total. The molecule has 0 unspecified atom stereocenters. The minimum Gasteiger partial charge on any atom is -2.00 e. The van der Waals surface area contributed by atoms with E-state index in [1.165, 1.54) is 0 Å². The Kier molecular flexibility index (Phi) is 27.3. The Hall–Kier alpha value is 2.73. The summed E-state index contributed by atoms with van der Waals surface area (Å²) in [6.45, 7) is 0. The van der Waals surface area contributed by atoms with E-state index in [9.17, 15) is 0 Å². The van der Waals surface area contributed by atoms with Gasteiger partial charge >= 0.3 is 89.1 Å². The maximum Gasteiger partial charge on any atom is 2.00 e. The monoisotopic (exact) mass is 192 g/mol. The molecule has 0 aliphatic carbocycles. The van der Waals surface area contributed by atoms with Gasteiger partial charge in [0, 0.05) is 0 Å². The van der Waals surface area contributed by atoms with Gasteiger partial charge in [-0.1, -0.05) is 0 Å². The van der Waals surface area contributed by atoms with Crippen LogP contribution in [0, 0.1) is 0 Å². The molecule has 40 valence electrons. The molecule has 0 aromatic heterocycles. The molecule has 0 aliphatic rings. The minimum atomic E-state index is -4.92. The molecule has 8 heavy (non-hydrogen) atoms. The first kappa shape index (κ1) is 22.4.